The molecule has 0 bridgehead atoms. The fraction of sp³-hybridized carbons (Fsp3) is 0.267. The smallest absolute Gasteiger partial charge is 0.165 e. The van der Waals surface area contributed by atoms with Crippen molar-refractivity contribution in [3.8, 4) is 0 Å². The first-order valence-electron chi connectivity index (χ1n) is 6.95. The van der Waals surface area contributed by atoms with Crippen molar-refractivity contribution >= 4 is 22.8 Å². The van der Waals surface area contributed by atoms with Gasteiger partial charge in [0.25, 0.3) is 0 Å². The van der Waals surface area contributed by atoms with Gasteiger partial charge in [0.2, 0.25) is 0 Å². The summed E-state index contributed by atoms with van der Waals surface area (Å²) in [5.74, 6) is -1.26. The van der Waals surface area contributed by atoms with Crippen LogP contribution in [0.3, 0.4) is 0 Å². The summed E-state index contributed by atoms with van der Waals surface area (Å²) in [4.78, 5) is 12.3. The average molecular weight is 337 g/mol. The van der Waals surface area contributed by atoms with Crippen LogP contribution in [-0.2, 0) is 10.3 Å². The van der Waals surface area contributed by atoms with E-state index in [1.807, 2.05) is 6.92 Å². The van der Waals surface area contributed by atoms with Crippen LogP contribution in [0.1, 0.15) is 18.5 Å². The highest BCUT2D eigenvalue weighted by Crippen LogP contribution is 2.49. The molecule has 0 aliphatic carbocycles. The van der Waals surface area contributed by atoms with Gasteiger partial charge in [0.1, 0.15) is 29.1 Å². The van der Waals surface area contributed by atoms with Crippen LogP contribution in [0.25, 0.3) is 11.2 Å². The van der Waals surface area contributed by atoms with Crippen molar-refractivity contribution in [1.29, 1.82) is 0 Å². The number of ether oxygens (including phenoxy) is 1. The van der Waals surface area contributed by atoms with Crippen LogP contribution in [-0.4, -0.2) is 26.1 Å². The van der Waals surface area contributed by atoms with Crippen LogP contribution in [0.4, 0.5) is 8.78 Å². The molecule has 2 atom stereocenters. The third kappa shape index (κ3) is 2.11. The number of epoxide rings is 1. The first kappa shape index (κ1) is 14.5. The van der Waals surface area contributed by atoms with Gasteiger partial charge in [0.15, 0.2) is 10.8 Å². The van der Waals surface area contributed by atoms with E-state index in [9.17, 15) is 8.78 Å². The predicted molar refractivity (Wildman–Crippen MR) is 79.0 cm³/mol. The number of nitrogens with zero attached hydrogens (tertiary/aromatic N) is 4. The monoisotopic (exact) mass is 336 g/mol. The van der Waals surface area contributed by atoms with Gasteiger partial charge in [-0.15, -0.1) is 0 Å². The van der Waals surface area contributed by atoms with E-state index in [2.05, 4.69) is 15.0 Å². The summed E-state index contributed by atoms with van der Waals surface area (Å²) < 4.78 is 34.7. The van der Waals surface area contributed by atoms with Crippen LogP contribution in [0.15, 0.2) is 30.9 Å². The molecule has 1 aliphatic heterocycles. The largest absolute Gasteiger partial charge is 0.362 e. The fourth-order valence-electron chi connectivity index (χ4n) is 2.86. The van der Waals surface area contributed by atoms with Crippen LogP contribution in [0, 0.1) is 11.6 Å². The van der Waals surface area contributed by atoms with Gasteiger partial charge in [0.05, 0.1) is 19.0 Å². The highest BCUT2D eigenvalue weighted by Gasteiger charge is 2.54. The van der Waals surface area contributed by atoms with Crippen molar-refractivity contribution in [3.05, 3.63) is 53.2 Å². The van der Waals surface area contributed by atoms with Crippen molar-refractivity contribution in [2.45, 2.75) is 18.6 Å². The molecule has 1 saturated heterocycles. The Morgan fingerprint density at radius 1 is 1.30 bits per heavy atom. The maximum atomic E-state index is 14.2. The van der Waals surface area contributed by atoms with E-state index >= 15 is 0 Å². The lowest BCUT2D eigenvalue weighted by Crippen LogP contribution is -2.24. The molecule has 5 nitrogen and oxygen atoms in total. The number of benzene rings is 1. The minimum absolute atomic E-state index is 0.250. The molecule has 0 unspecified atom stereocenters. The number of fused-ring (bicyclic) bond motifs is 1. The Hall–Kier alpha value is -2.12. The lowest BCUT2D eigenvalue weighted by Gasteiger charge is -2.22. The van der Waals surface area contributed by atoms with Gasteiger partial charge >= 0.3 is 0 Å². The van der Waals surface area contributed by atoms with E-state index in [0.29, 0.717) is 23.3 Å². The Morgan fingerprint density at radius 2 is 2.09 bits per heavy atom. The zero-order chi connectivity index (χ0) is 16.2. The van der Waals surface area contributed by atoms with Crippen LogP contribution < -0.4 is 0 Å². The zero-order valence-corrected chi connectivity index (χ0v) is 12.8. The van der Waals surface area contributed by atoms with E-state index in [0.717, 1.165) is 6.07 Å². The van der Waals surface area contributed by atoms with Gasteiger partial charge in [-0.3, -0.25) is 0 Å². The SMILES string of the molecule is C[C@@H](n1cnc2c(Cl)ncnc21)[C@@]1(c2ccc(F)cc2F)CO1. The molecule has 2 aromatic heterocycles. The van der Waals surface area contributed by atoms with E-state index in [1.165, 1.54) is 18.5 Å². The molecular formula is C15H11ClF2N4O. The summed E-state index contributed by atoms with van der Waals surface area (Å²) in [5, 5.41) is 0.250. The maximum Gasteiger partial charge on any atom is 0.165 e. The second kappa shape index (κ2) is 4.94. The summed E-state index contributed by atoms with van der Waals surface area (Å²) >= 11 is 6.00. The number of imidazole rings is 1. The van der Waals surface area contributed by atoms with Crippen molar-refractivity contribution in [2.24, 2.45) is 0 Å². The van der Waals surface area contributed by atoms with Gasteiger partial charge in [0, 0.05) is 11.6 Å². The molecule has 0 amide bonds. The topological polar surface area (TPSA) is 56.1 Å². The van der Waals surface area contributed by atoms with E-state index in [-0.39, 0.29) is 11.2 Å². The zero-order valence-electron chi connectivity index (χ0n) is 12.0. The van der Waals surface area contributed by atoms with Crippen LogP contribution in [0.5, 0.6) is 0 Å². The molecule has 0 radical (unpaired) electrons. The number of hydrogen-bond donors (Lipinski definition) is 0. The first-order valence-corrected chi connectivity index (χ1v) is 7.33. The van der Waals surface area contributed by atoms with Crippen molar-refractivity contribution in [1.82, 2.24) is 19.5 Å². The van der Waals surface area contributed by atoms with Gasteiger partial charge < -0.3 is 9.30 Å². The van der Waals surface area contributed by atoms with Gasteiger partial charge in [-0.25, -0.2) is 23.7 Å². The summed E-state index contributed by atoms with van der Waals surface area (Å²) in [6.07, 6.45) is 2.91. The third-order valence-electron chi connectivity index (χ3n) is 4.25. The third-order valence-corrected chi connectivity index (χ3v) is 4.53. The second-order valence-electron chi connectivity index (χ2n) is 5.47. The Kier molecular flexibility index (Phi) is 3.11. The maximum absolute atomic E-state index is 14.2. The second-order valence-corrected chi connectivity index (χ2v) is 5.82. The Balaban J connectivity index is 1.81. The quantitative estimate of drug-likeness (QED) is 0.544. The van der Waals surface area contributed by atoms with Crippen LogP contribution in [0.2, 0.25) is 5.15 Å². The molecule has 3 aromatic rings. The Bertz CT molecular complexity index is 910. The summed E-state index contributed by atoms with van der Waals surface area (Å²) in [5.41, 5.74) is 0.447. The normalized spacial score (nSPS) is 21.6. The molecule has 1 aliphatic rings. The number of aromatic nitrogens is 4. The van der Waals surface area contributed by atoms with Crippen molar-refractivity contribution in [2.75, 3.05) is 6.61 Å². The minimum atomic E-state index is -0.872. The fourth-order valence-corrected chi connectivity index (χ4v) is 3.04. The van der Waals surface area contributed by atoms with Gasteiger partial charge in [-0.1, -0.05) is 17.7 Å². The molecule has 0 saturated carbocycles. The molecule has 1 fully saturated rings. The number of hydrogen-bond acceptors (Lipinski definition) is 4. The van der Waals surface area contributed by atoms with E-state index in [1.54, 1.807) is 10.9 Å². The summed E-state index contributed by atoms with van der Waals surface area (Å²) in [7, 11) is 0. The molecule has 118 valence electrons. The van der Waals surface area contributed by atoms with E-state index in [4.69, 9.17) is 16.3 Å². The minimum Gasteiger partial charge on any atom is -0.362 e. The van der Waals surface area contributed by atoms with Crippen molar-refractivity contribution < 1.29 is 13.5 Å². The number of halogens is 3. The lowest BCUT2D eigenvalue weighted by atomic mass is 9.92. The lowest BCUT2D eigenvalue weighted by molar-refractivity contribution is 0.227. The molecule has 4 rings (SSSR count). The highest BCUT2D eigenvalue weighted by molar-refractivity contribution is 6.33. The molecule has 0 N–H and O–H groups in total. The molecule has 3 heterocycles. The molecule has 0 spiro atoms. The van der Waals surface area contributed by atoms with Crippen molar-refractivity contribution in [3.63, 3.8) is 0 Å². The van der Waals surface area contributed by atoms with Crippen LogP contribution >= 0.6 is 11.6 Å². The van der Waals surface area contributed by atoms with Gasteiger partial charge in [-0.2, -0.15) is 0 Å². The molecular weight excluding hydrogens is 326 g/mol. The van der Waals surface area contributed by atoms with Gasteiger partial charge in [-0.05, 0) is 13.0 Å². The Labute approximate surface area is 134 Å². The summed E-state index contributed by atoms with van der Waals surface area (Å²) in [6, 6.07) is 3.18. The standard InChI is InChI=1S/C15H11ClF2N4O/c1-8(22-7-21-12-13(16)19-6-20-14(12)22)15(5-23-15)10-3-2-9(17)4-11(10)18/h2-4,6-8H,5H2,1H3/t8-,15-/m1/s1. The van der Waals surface area contributed by atoms with E-state index < -0.39 is 17.2 Å². The Morgan fingerprint density at radius 3 is 2.78 bits per heavy atom. The molecule has 23 heavy (non-hydrogen) atoms. The highest BCUT2D eigenvalue weighted by atomic mass is 35.5. The average Bonchev–Trinajstić information content (AvgIpc) is 3.19. The first-order chi connectivity index (χ1) is 11.0. The summed E-state index contributed by atoms with van der Waals surface area (Å²) in [6.45, 7) is 2.20. The molecule has 1 aromatic carbocycles. The molecule has 8 heteroatoms. The number of rotatable bonds is 3. The predicted octanol–water partition coefficient (Wildman–Crippen LogP) is 3.24.